The number of rotatable bonds is 9. The molecular weight excluding hydrogens is 765 g/mol. The van der Waals surface area contributed by atoms with E-state index in [1.165, 1.54) is 27.8 Å². The van der Waals surface area contributed by atoms with Crippen LogP contribution < -0.4 is 24.8 Å². The molecule has 57 heavy (non-hydrogen) atoms. The summed E-state index contributed by atoms with van der Waals surface area (Å²) >= 11 is 0. The third kappa shape index (κ3) is 8.18. The van der Waals surface area contributed by atoms with Crippen LogP contribution in [0.2, 0.25) is 0 Å². The lowest BCUT2D eigenvalue weighted by molar-refractivity contribution is -0.141. The predicted octanol–water partition coefficient (Wildman–Crippen LogP) is 3.57. The van der Waals surface area contributed by atoms with Crippen LogP contribution in [-0.2, 0) is 31.5 Å². The van der Waals surface area contributed by atoms with Crippen LogP contribution >= 0.6 is 0 Å². The number of carbonyl (C=O) groups is 4. The normalized spacial score (nSPS) is 26.1. The molecule has 0 bridgehead atoms. The first-order chi connectivity index (χ1) is 27.0. The van der Waals surface area contributed by atoms with Gasteiger partial charge in [-0.2, -0.15) is 5.10 Å². The number of allylic oxidation sites excluding steroid dienone is 1. The Morgan fingerprint density at radius 2 is 1.88 bits per heavy atom. The van der Waals surface area contributed by atoms with Gasteiger partial charge in [-0.3, -0.25) is 28.6 Å². The second-order valence-corrected chi connectivity index (χ2v) is 18.2. The van der Waals surface area contributed by atoms with Gasteiger partial charge in [-0.05, 0) is 77.5 Å². The third-order valence-corrected chi connectivity index (χ3v) is 13.3. The van der Waals surface area contributed by atoms with Gasteiger partial charge in [0.25, 0.3) is 11.8 Å². The molecule has 2 aliphatic heterocycles. The number of nitrogens with one attached hydrogen (secondary N) is 3. The van der Waals surface area contributed by atoms with Crippen molar-refractivity contribution < 1.29 is 45.9 Å². The Balaban J connectivity index is 1.23. The molecule has 4 aliphatic rings. The number of amides is 4. The summed E-state index contributed by atoms with van der Waals surface area (Å²) in [6, 6.07) is 2.87. The van der Waals surface area contributed by atoms with E-state index in [-0.39, 0.29) is 60.1 Å². The summed E-state index contributed by atoms with van der Waals surface area (Å²) < 4.78 is 70.5. The molecule has 7 rings (SSSR count). The van der Waals surface area contributed by atoms with Crippen LogP contribution in [0.4, 0.5) is 8.78 Å². The second kappa shape index (κ2) is 15.3. The highest BCUT2D eigenvalue weighted by molar-refractivity contribution is 7.91. The van der Waals surface area contributed by atoms with Crippen molar-refractivity contribution in [2.75, 3.05) is 6.54 Å². The third-order valence-electron chi connectivity index (χ3n) is 11.2. The summed E-state index contributed by atoms with van der Waals surface area (Å²) in [4.78, 5) is 61.8. The average molecular weight is 812 g/mol. The zero-order chi connectivity index (χ0) is 40.9. The van der Waals surface area contributed by atoms with E-state index in [9.17, 15) is 32.0 Å². The summed E-state index contributed by atoms with van der Waals surface area (Å²) in [7, 11) is -2.39. The van der Waals surface area contributed by atoms with Crippen molar-refractivity contribution in [1.82, 2.24) is 35.0 Å². The minimum absolute atomic E-state index is 0.0354. The van der Waals surface area contributed by atoms with Gasteiger partial charge in [-0.25, -0.2) is 22.2 Å². The van der Waals surface area contributed by atoms with Gasteiger partial charge in [0.05, 0.1) is 17.4 Å². The SMILES string of the molecule is CC(C)Oc1cc(O[C@@H]2C[C@H]3C(=O)N[C@]4(C(=O)NS(=O)(=O)C5(C)CC5)C[C@H]4C=CCCCCC[C@H](NC(=O)c4ccn(C)n4)C(=O)N3C2)c2ccc(F)c(F)c2n1. The first-order valence-corrected chi connectivity index (χ1v) is 20.8. The molecule has 18 heteroatoms. The number of hydrogen-bond donors (Lipinski definition) is 3. The predicted molar refractivity (Wildman–Crippen MR) is 202 cm³/mol. The summed E-state index contributed by atoms with van der Waals surface area (Å²) in [5, 5.41) is 9.92. The number of fused-ring (bicyclic) bond motifs is 3. The summed E-state index contributed by atoms with van der Waals surface area (Å²) in [5.74, 6) is -5.55. The van der Waals surface area contributed by atoms with Crippen LogP contribution in [0.1, 0.15) is 89.0 Å². The number of halogens is 2. The largest absolute Gasteiger partial charge is 0.488 e. The molecule has 4 amide bonds. The van der Waals surface area contributed by atoms with Gasteiger partial charge < -0.3 is 25.0 Å². The van der Waals surface area contributed by atoms with E-state index in [2.05, 4.69) is 25.4 Å². The molecule has 306 valence electrons. The molecule has 1 saturated heterocycles. The molecule has 2 aromatic heterocycles. The fraction of sp³-hybridized carbons (Fsp3) is 0.538. The van der Waals surface area contributed by atoms with Crippen molar-refractivity contribution >= 4 is 44.6 Å². The number of nitrogens with zero attached hydrogens (tertiary/aromatic N) is 4. The highest BCUT2D eigenvalue weighted by Gasteiger charge is 2.63. The lowest BCUT2D eigenvalue weighted by Gasteiger charge is -2.30. The Morgan fingerprint density at radius 1 is 1.11 bits per heavy atom. The van der Waals surface area contributed by atoms with Crippen molar-refractivity contribution in [2.45, 2.75) is 113 Å². The van der Waals surface area contributed by atoms with E-state index in [0.717, 1.165) is 12.5 Å². The maximum absolute atomic E-state index is 15.1. The molecule has 0 spiro atoms. The fourth-order valence-electron chi connectivity index (χ4n) is 7.47. The number of aromatic nitrogens is 3. The van der Waals surface area contributed by atoms with E-state index in [1.54, 1.807) is 34.0 Å². The van der Waals surface area contributed by atoms with Gasteiger partial charge in [0, 0.05) is 37.0 Å². The average Bonchev–Trinajstić information content (AvgIpc) is 3.95. The smallest absolute Gasteiger partial charge is 0.272 e. The van der Waals surface area contributed by atoms with Crippen molar-refractivity contribution in [3.05, 3.63) is 59.9 Å². The Hall–Kier alpha value is -5.13. The monoisotopic (exact) mass is 811 g/mol. The Morgan fingerprint density at radius 3 is 2.58 bits per heavy atom. The van der Waals surface area contributed by atoms with Crippen LogP contribution in [0.25, 0.3) is 10.9 Å². The zero-order valence-electron chi connectivity index (χ0n) is 32.2. The van der Waals surface area contributed by atoms with Crippen LogP contribution in [0.3, 0.4) is 0 Å². The Labute approximate surface area is 329 Å². The molecular formula is C39H47F2N7O8S. The number of carbonyl (C=O) groups excluding carboxylic acids is 4. The number of pyridine rings is 1. The minimum Gasteiger partial charge on any atom is -0.488 e. The number of sulfonamides is 1. The van der Waals surface area contributed by atoms with Gasteiger partial charge >= 0.3 is 0 Å². The van der Waals surface area contributed by atoms with Crippen LogP contribution in [0.15, 0.2) is 42.6 Å². The van der Waals surface area contributed by atoms with Crippen LogP contribution in [0.5, 0.6) is 11.6 Å². The highest BCUT2D eigenvalue weighted by atomic mass is 32.2. The molecule has 0 unspecified atom stereocenters. The number of hydrogen-bond acceptors (Lipinski definition) is 10. The Kier molecular flexibility index (Phi) is 10.8. The van der Waals surface area contributed by atoms with Gasteiger partial charge in [0.15, 0.2) is 11.6 Å². The maximum atomic E-state index is 15.1. The molecule has 15 nitrogen and oxygen atoms in total. The molecule has 1 aromatic carbocycles. The highest BCUT2D eigenvalue weighted by Crippen LogP contribution is 2.47. The van der Waals surface area contributed by atoms with Gasteiger partial charge in [0.2, 0.25) is 27.7 Å². The van der Waals surface area contributed by atoms with E-state index < -0.39 is 79.7 Å². The van der Waals surface area contributed by atoms with Gasteiger partial charge in [-0.1, -0.05) is 25.0 Å². The van der Waals surface area contributed by atoms with Crippen molar-refractivity contribution in [1.29, 1.82) is 0 Å². The lowest BCUT2D eigenvalue weighted by atomic mass is 10.0. The standard InChI is InChI=1S/C39H47F2N7O8S/c1-22(2)55-31-19-30(25-12-13-26(40)32(41)33(25)43-31)56-24-18-29-35(50)44-39(37(52)46-57(53,54)38(3)15-16-38)20-23(39)10-8-6-5-7-9-11-28(36(51)48(29)21-24)42-34(49)27-14-17-47(4)45-27/h8,10,12-14,17,19,22-24,28-29H,5-7,9,11,15-16,18,20-21H2,1-4H3,(H,42,49)(H,44,50)(H,46,52)/t23-,24-,28+,29+,39-/m1/s1. The quantitative estimate of drug-likeness (QED) is 0.270. The first-order valence-electron chi connectivity index (χ1n) is 19.3. The molecule has 0 radical (unpaired) electrons. The molecule has 5 atom stereocenters. The second-order valence-electron chi connectivity index (χ2n) is 16.0. The van der Waals surface area contributed by atoms with Crippen molar-refractivity contribution in [3.8, 4) is 11.6 Å². The van der Waals surface area contributed by atoms with Crippen molar-refractivity contribution in [3.63, 3.8) is 0 Å². The van der Waals surface area contributed by atoms with Crippen molar-refractivity contribution in [2.24, 2.45) is 13.0 Å². The lowest BCUT2D eigenvalue weighted by Crippen LogP contribution is -2.58. The molecule has 3 aromatic rings. The maximum Gasteiger partial charge on any atom is 0.272 e. The number of aryl methyl sites for hydroxylation is 1. The Bertz CT molecular complexity index is 2240. The van der Waals surface area contributed by atoms with E-state index in [0.29, 0.717) is 32.1 Å². The van der Waals surface area contributed by atoms with E-state index >= 15 is 4.39 Å². The van der Waals surface area contributed by atoms with Crippen LogP contribution in [0, 0.1) is 17.6 Å². The summed E-state index contributed by atoms with van der Waals surface area (Å²) in [6.45, 7) is 4.85. The molecule has 4 heterocycles. The topological polar surface area (TPSA) is 191 Å². The summed E-state index contributed by atoms with van der Waals surface area (Å²) in [6.07, 6.45) is 7.77. The first kappa shape index (κ1) is 40.1. The zero-order valence-corrected chi connectivity index (χ0v) is 33.0. The fourth-order valence-corrected chi connectivity index (χ4v) is 8.79. The minimum atomic E-state index is -4.05. The number of ether oxygens (including phenoxy) is 2. The molecule has 2 saturated carbocycles. The molecule has 3 N–H and O–H groups in total. The summed E-state index contributed by atoms with van der Waals surface area (Å²) in [5.41, 5.74) is -1.84. The van der Waals surface area contributed by atoms with E-state index in [1.807, 2.05) is 12.2 Å². The molecule has 2 aliphatic carbocycles. The van der Waals surface area contributed by atoms with Crippen LogP contribution in [-0.4, -0.2) is 92.8 Å². The molecule has 3 fully saturated rings. The van der Waals surface area contributed by atoms with Gasteiger partial charge in [-0.15, -0.1) is 0 Å². The number of benzene rings is 1. The van der Waals surface area contributed by atoms with E-state index in [4.69, 9.17) is 9.47 Å². The van der Waals surface area contributed by atoms with Gasteiger partial charge in [0.1, 0.15) is 40.7 Å².